The summed E-state index contributed by atoms with van der Waals surface area (Å²) < 4.78 is 27.0. The molecule has 0 radical (unpaired) electrons. The summed E-state index contributed by atoms with van der Waals surface area (Å²) in [6.45, 7) is 0. The Hall–Kier alpha value is -1.55. The average Bonchev–Trinajstić information content (AvgIpc) is 2.85. The van der Waals surface area contributed by atoms with Gasteiger partial charge in [0.1, 0.15) is 4.90 Å². The van der Waals surface area contributed by atoms with Crippen LogP contribution < -0.4 is 4.72 Å². The van der Waals surface area contributed by atoms with Gasteiger partial charge in [-0.1, -0.05) is 0 Å². The minimum Gasteiger partial charge on any atom is -0.478 e. The van der Waals surface area contributed by atoms with Crippen LogP contribution in [-0.4, -0.2) is 24.5 Å². The molecule has 1 aromatic carbocycles. The monoisotopic (exact) mass is 392 g/mol. The number of H-pyrrole nitrogens is 1. The number of carboxylic acid groups (broad SMARTS) is 1. The van der Waals surface area contributed by atoms with E-state index >= 15 is 0 Å². The van der Waals surface area contributed by atoms with Crippen molar-refractivity contribution in [1.82, 2.24) is 4.98 Å². The number of carboxylic acids is 1. The first-order chi connectivity index (χ1) is 8.90. The number of halogens is 1. The van der Waals surface area contributed by atoms with Crippen LogP contribution in [0.4, 0.5) is 5.69 Å². The minimum atomic E-state index is -3.79. The van der Waals surface area contributed by atoms with E-state index in [1.807, 2.05) is 22.6 Å². The van der Waals surface area contributed by atoms with Crippen molar-refractivity contribution in [1.29, 1.82) is 0 Å². The van der Waals surface area contributed by atoms with Crippen LogP contribution in [-0.2, 0) is 10.0 Å². The minimum absolute atomic E-state index is 0.0362. The van der Waals surface area contributed by atoms with Gasteiger partial charge in [0.15, 0.2) is 0 Å². The molecule has 0 aliphatic carbocycles. The number of nitrogens with one attached hydrogen (secondary N) is 2. The van der Waals surface area contributed by atoms with E-state index in [0.29, 0.717) is 3.57 Å². The molecule has 3 N–H and O–H groups in total. The van der Waals surface area contributed by atoms with E-state index in [0.717, 1.165) is 0 Å². The Morgan fingerprint density at radius 2 is 2.05 bits per heavy atom. The Morgan fingerprint density at radius 3 is 2.63 bits per heavy atom. The van der Waals surface area contributed by atoms with Crippen molar-refractivity contribution in [2.75, 3.05) is 4.72 Å². The molecule has 2 rings (SSSR count). The van der Waals surface area contributed by atoms with Crippen molar-refractivity contribution < 1.29 is 18.3 Å². The first kappa shape index (κ1) is 13.9. The number of aromatic nitrogens is 1. The summed E-state index contributed by atoms with van der Waals surface area (Å²) in [7, 11) is -3.79. The first-order valence-corrected chi connectivity index (χ1v) is 7.65. The second kappa shape index (κ2) is 5.21. The van der Waals surface area contributed by atoms with Gasteiger partial charge in [-0.3, -0.25) is 4.72 Å². The number of aromatic carboxylic acids is 1. The van der Waals surface area contributed by atoms with Gasteiger partial charge in [0.05, 0.1) is 11.3 Å². The largest absolute Gasteiger partial charge is 0.478 e. The summed E-state index contributed by atoms with van der Waals surface area (Å²) in [6, 6.07) is 5.84. The third kappa shape index (κ3) is 3.07. The lowest BCUT2D eigenvalue weighted by Gasteiger charge is -2.09. The summed E-state index contributed by atoms with van der Waals surface area (Å²) in [5.74, 6) is -1.19. The highest BCUT2D eigenvalue weighted by Gasteiger charge is 2.18. The molecule has 0 saturated carbocycles. The summed E-state index contributed by atoms with van der Waals surface area (Å²) in [6.07, 6.45) is 2.79. The van der Waals surface area contributed by atoms with Crippen LogP contribution in [0.1, 0.15) is 10.4 Å². The number of hydrogen-bond donors (Lipinski definition) is 3. The van der Waals surface area contributed by atoms with Crippen LogP contribution >= 0.6 is 22.6 Å². The fourth-order valence-electron chi connectivity index (χ4n) is 1.46. The highest BCUT2D eigenvalue weighted by Crippen LogP contribution is 2.22. The standard InChI is InChI=1S/C11H9IN2O4S/c12-7-1-2-10(9(5-7)11(15)16)14-19(17,18)8-3-4-13-6-8/h1-6,13-14H,(H,15,16). The quantitative estimate of drug-likeness (QED) is 0.695. The van der Waals surface area contributed by atoms with Crippen molar-refractivity contribution >= 4 is 44.3 Å². The molecule has 0 aliphatic heterocycles. The van der Waals surface area contributed by atoms with Crippen molar-refractivity contribution in [2.24, 2.45) is 0 Å². The first-order valence-electron chi connectivity index (χ1n) is 5.08. The molecule has 2 aromatic rings. The van der Waals surface area contributed by atoms with E-state index in [1.165, 1.54) is 30.6 Å². The number of aromatic amines is 1. The van der Waals surface area contributed by atoms with Crippen molar-refractivity contribution in [3.05, 3.63) is 45.8 Å². The van der Waals surface area contributed by atoms with Gasteiger partial charge in [-0.25, -0.2) is 13.2 Å². The van der Waals surface area contributed by atoms with Gasteiger partial charge in [-0.15, -0.1) is 0 Å². The van der Waals surface area contributed by atoms with Gasteiger partial charge in [0.2, 0.25) is 0 Å². The average molecular weight is 392 g/mol. The van der Waals surface area contributed by atoms with Gasteiger partial charge in [0, 0.05) is 16.0 Å². The predicted molar refractivity (Wildman–Crippen MR) is 77.7 cm³/mol. The third-order valence-electron chi connectivity index (χ3n) is 2.34. The predicted octanol–water partition coefficient (Wildman–Crippen LogP) is 2.12. The Labute approximate surface area is 123 Å². The molecule has 1 aromatic heterocycles. The molecular weight excluding hydrogens is 383 g/mol. The third-order valence-corrected chi connectivity index (χ3v) is 4.37. The summed E-state index contributed by atoms with van der Waals surface area (Å²) in [5, 5.41) is 9.07. The van der Waals surface area contributed by atoms with E-state index in [9.17, 15) is 13.2 Å². The van der Waals surface area contributed by atoms with Gasteiger partial charge >= 0.3 is 5.97 Å². The molecule has 0 unspecified atom stereocenters. The van der Waals surface area contributed by atoms with Crippen LogP contribution in [0.5, 0.6) is 0 Å². The molecule has 8 heteroatoms. The Kier molecular flexibility index (Phi) is 3.80. The molecule has 0 spiro atoms. The van der Waals surface area contributed by atoms with Crippen molar-refractivity contribution in [2.45, 2.75) is 4.90 Å². The molecule has 0 atom stereocenters. The molecule has 0 bridgehead atoms. The maximum Gasteiger partial charge on any atom is 0.337 e. The van der Waals surface area contributed by atoms with Crippen LogP contribution in [0.2, 0.25) is 0 Å². The smallest absolute Gasteiger partial charge is 0.337 e. The summed E-state index contributed by atoms with van der Waals surface area (Å²) >= 11 is 1.96. The molecule has 0 fully saturated rings. The maximum absolute atomic E-state index is 12.0. The second-order valence-corrected chi connectivity index (χ2v) is 6.58. The zero-order valence-electron chi connectivity index (χ0n) is 9.42. The normalized spacial score (nSPS) is 11.2. The summed E-state index contributed by atoms with van der Waals surface area (Å²) in [5.41, 5.74) is -0.0554. The highest BCUT2D eigenvalue weighted by atomic mass is 127. The number of rotatable bonds is 4. The van der Waals surface area contributed by atoms with Crippen LogP contribution in [0.25, 0.3) is 0 Å². The molecule has 1 heterocycles. The van der Waals surface area contributed by atoms with Crippen LogP contribution in [0, 0.1) is 3.57 Å². The summed E-state index contributed by atoms with van der Waals surface area (Å²) in [4.78, 5) is 13.8. The molecule has 0 amide bonds. The Morgan fingerprint density at radius 1 is 1.32 bits per heavy atom. The lowest BCUT2D eigenvalue weighted by molar-refractivity contribution is 0.0698. The van der Waals surface area contributed by atoms with E-state index in [-0.39, 0.29) is 16.1 Å². The van der Waals surface area contributed by atoms with E-state index < -0.39 is 16.0 Å². The molecule has 100 valence electrons. The van der Waals surface area contributed by atoms with Gasteiger partial charge in [0.25, 0.3) is 10.0 Å². The van der Waals surface area contributed by atoms with Crippen LogP contribution in [0.3, 0.4) is 0 Å². The number of sulfonamides is 1. The van der Waals surface area contributed by atoms with Gasteiger partial charge < -0.3 is 10.1 Å². The molecular formula is C11H9IN2O4S. The lowest BCUT2D eigenvalue weighted by Crippen LogP contribution is -2.15. The van der Waals surface area contributed by atoms with Crippen LogP contribution in [0.15, 0.2) is 41.6 Å². The molecule has 19 heavy (non-hydrogen) atoms. The topological polar surface area (TPSA) is 99.3 Å². The van der Waals surface area contributed by atoms with Gasteiger partial charge in [-0.05, 0) is 46.9 Å². The fraction of sp³-hybridized carbons (Fsp3) is 0. The number of carbonyl (C=O) groups is 1. The number of benzene rings is 1. The molecule has 0 aliphatic rings. The zero-order chi connectivity index (χ0) is 14.0. The molecule has 6 nitrogen and oxygen atoms in total. The Balaban J connectivity index is 2.42. The van der Waals surface area contributed by atoms with E-state index in [4.69, 9.17) is 5.11 Å². The number of anilines is 1. The zero-order valence-corrected chi connectivity index (χ0v) is 12.4. The highest BCUT2D eigenvalue weighted by molar-refractivity contribution is 14.1. The van der Waals surface area contributed by atoms with Crippen molar-refractivity contribution in [3.63, 3.8) is 0 Å². The Bertz CT molecular complexity index is 710. The SMILES string of the molecule is O=C(O)c1cc(I)ccc1NS(=O)(=O)c1cc[nH]c1. The van der Waals surface area contributed by atoms with Crippen molar-refractivity contribution in [3.8, 4) is 0 Å². The van der Waals surface area contributed by atoms with E-state index in [1.54, 1.807) is 6.07 Å². The van der Waals surface area contributed by atoms with Gasteiger partial charge in [-0.2, -0.15) is 0 Å². The molecule has 0 saturated heterocycles. The lowest BCUT2D eigenvalue weighted by atomic mass is 10.2. The number of hydrogen-bond acceptors (Lipinski definition) is 3. The van der Waals surface area contributed by atoms with E-state index in [2.05, 4.69) is 9.71 Å². The second-order valence-electron chi connectivity index (χ2n) is 3.65. The fourth-order valence-corrected chi connectivity index (χ4v) is 3.01. The maximum atomic E-state index is 12.0.